The summed E-state index contributed by atoms with van der Waals surface area (Å²) in [5, 5.41) is 17.5. The molecule has 0 bridgehead atoms. The fraction of sp³-hybridized carbons (Fsp3) is 0.833. The average Bonchev–Trinajstić information content (AvgIpc) is 2.73. The van der Waals surface area contributed by atoms with E-state index >= 15 is 0 Å². The Bertz CT molecular complexity index is 653. The molecule has 33 heavy (non-hydrogen) atoms. The molecule has 6 unspecified atom stereocenters. The lowest BCUT2D eigenvalue weighted by molar-refractivity contribution is -0.143. The van der Waals surface area contributed by atoms with E-state index in [0.29, 0.717) is 12.8 Å². The number of carboxylic acid groups (broad SMARTS) is 1. The lowest BCUT2D eigenvalue weighted by Gasteiger charge is -2.29. The topological polar surface area (TPSA) is 151 Å². The number of carboxylic acids is 1. The number of carbonyl (C=O) groups excluding carboxylic acids is 3. The Balaban J connectivity index is 5.59. The Morgan fingerprint density at radius 3 is 1.58 bits per heavy atom. The van der Waals surface area contributed by atoms with Crippen molar-refractivity contribution in [1.29, 1.82) is 0 Å². The number of hydrogen-bond acceptors (Lipinski definition) is 5. The standard InChI is InChI=1S/C24H46N4O5/c1-9-15(7)19(25)22(30)28-20(16(8)10-2)23(31)26-17(11-13(3)4)21(29)27-18(24(32)33)12-14(5)6/h13-20H,9-12,25H2,1-8H3,(H,26,31)(H,27,29)(H,28,30)(H,32,33). The van der Waals surface area contributed by atoms with Gasteiger partial charge in [-0.2, -0.15) is 0 Å². The second-order valence-electron chi connectivity index (χ2n) is 10.0. The SMILES string of the molecule is CCC(C)C(N)C(=O)NC(C(=O)NC(CC(C)C)C(=O)NC(CC(C)C)C(=O)O)C(C)CC. The fourth-order valence-corrected chi connectivity index (χ4v) is 3.39. The average molecular weight is 471 g/mol. The highest BCUT2D eigenvalue weighted by Gasteiger charge is 2.33. The van der Waals surface area contributed by atoms with Crippen molar-refractivity contribution >= 4 is 23.7 Å². The van der Waals surface area contributed by atoms with Gasteiger partial charge in [0, 0.05) is 0 Å². The second-order valence-corrected chi connectivity index (χ2v) is 10.0. The number of amides is 3. The van der Waals surface area contributed by atoms with Crippen LogP contribution >= 0.6 is 0 Å². The minimum Gasteiger partial charge on any atom is -0.480 e. The number of hydrogen-bond donors (Lipinski definition) is 5. The first-order chi connectivity index (χ1) is 15.2. The van der Waals surface area contributed by atoms with Gasteiger partial charge in [-0.3, -0.25) is 14.4 Å². The van der Waals surface area contributed by atoms with E-state index in [1.807, 2.05) is 55.4 Å². The van der Waals surface area contributed by atoms with Gasteiger partial charge in [0.2, 0.25) is 17.7 Å². The van der Waals surface area contributed by atoms with Crippen molar-refractivity contribution in [2.45, 2.75) is 105 Å². The lowest BCUT2D eigenvalue weighted by Crippen LogP contribution is -2.59. The number of rotatable bonds is 15. The third-order valence-electron chi connectivity index (χ3n) is 6.01. The Kier molecular flexibility index (Phi) is 13.9. The predicted molar refractivity (Wildman–Crippen MR) is 129 cm³/mol. The van der Waals surface area contributed by atoms with Gasteiger partial charge in [-0.25, -0.2) is 4.79 Å². The minimum absolute atomic E-state index is 0.0426. The maximum Gasteiger partial charge on any atom is 0.326 e. The van der Waals surface area contributed by atoms with E-state index in [4.69, 9.17) is 5.73 Å². The molecule has 0 radical (unpaired) electrons. The highest BCUT2D eigenvalue weighted by atomic mass is 16.4. The monoisotopic (exact) mass is 470 g/mol. The maximum absolute atomic E-state index is 13.2. The van der Waals surface area contributed by atoms with Crippen molar-refractivity contribution in [3.05, 3.63) is 0 Å². The molecule has 9 heteroatoms. The van der Waals surface area contributed by atoms with Crippen LogP contribution in [0.5, 0.6) is 0 Å². The zero-order valence-corrected chi connectivity index (χ0v) is 21.6. The van der Waals surface area contributed by atoms with Crippen LogP contribution in [-0.4, -0.2) is 53.0 Å². The summed E-state index contributed by atoms with van der Waals surface area (Å²) in [6, 6.07) is -3.55. The quantitative estimate of drug-likeness (QED) is 0.247. The molecule has 0 heterocycles. The van der Waals surface area contributed by atoms with Gasteiger partial charge >= 0.3 is 5.97 Å². The number of nitrogens with two attached hydrogens (primary N) is 1. The van der Waals surface area contributed by atoms with Gasteiger partial charge in [0.05, 0.1) is 6.04 Å². The predicted octanol–water partition coefficient (Wildman–Crippen LogP) is 2.04. The van der Waals surface area contributed by atoms with E-state index in [2.05, 4.69) is 16.0 Å². The molecule has 0 fully saturated rings. The molecule has 9 nitrogen and oxygen atoms in total. The normalized spacial score (nSPS) is 16.9. The highest BCUT2D eigenvalue weighted by molar-refractivity contribution is 5.94. The van der Waals surface area contributed by atoms with Crippen LogP contribution in [0.4, 0.5) is 0 Å². The lowest BCUT2D eigenvalue weighted by atomic mass is 9.94. The summed E-state index contributed by atoms with van der Waals surface area (Å²) in [5.41, 5.74) is 6.04. The largest absolute Gasteiger partial charge is 0.480 e. The van der Waals surface area contributed by atoms with E-state index in [1.165, 1.54) is 0 Å². The molecular formula is C24H46N4O5. The van der Waals surface area contributed by atoms with Crippen LogP contribution in [0.15, 0.2) is 0 Å². The van der Waals surface area contributed by atoms with Crippen molar-refractivity contribution in [3.63, 3.8) is 0 Å². The van der Waals surface area contributed by atoms with Gasteiger partial charge < -0.3 is 26.8 Å². The van der Waals surface area contributed by atoms with Crippen molar-refractivity contribution in [1.82, 2.24) is 16.0 Å². The van der Waals surface area contributed by atoms with Gasteiger partial charge in [0.25, 0.3) is 0 Å². The molecule has 0 aromatic heterocycles. The summed E-state index contributed by atoms with van der Waals surface area (Å²) in [4.78, 5) is 50.3. The summed E-state index contributed by atoms with van der Waals surface area (Å²) in [6.45, 7) is 15.1. The van der Waals surface area contributed by atoms with Gasteiger partial charge in [0.1, 0.15) is 18.1 Å². The van der Waals surface area contributed by atoms with Crippen LogP contribution in [0.3, 0.4) is 0 Å². The Morgan fingerprint density at radius 2 is 1.15 bits per heavy atom. The molecule has 0 aliphatic heterocycles. The molecule has 3 amide bonds. The van der Waals surface area contributed by atoms with Gasteiger partial charge in [-0.05, 0) is 36.5 Å². The minimum atomic E-state index is -1.12. The van der Waals surface area contributed by atoms with E-state index in [9.17, 15) is 24.3 Å². The van der Waals surface area contributed by atoms with Crippen LogP contribution in [-0.2, 0) is 19.2 Å². The first kappa shape index (κ1) is 30.8. The molecule has 6 atom stereocenters. The number of aliphatic carboxylic acids is 1. The Hall–Kier alpha value is -2.16. The van der Waals surface area contributed by atoms with Gasteiger partial charge in [-0.15, -0.1) is 0 Å². The van der Waals surface area contributed by atoms with E-state index < -0.39 is 47.9 Å². The Labute approximate surface area is 199 Å². The molecule has 192 valence electrons. The third-order valence-corrected chi connectivity index (χ3v) is 6.01. The molecule has 0 aliphatic carbocycles. The molecule has 0 spiro atoms. The summed E-state index contributed by atoms with van der Waals surface area (Å²) < 4.78 is 0. The van der Waals surface area contributed by atoms with Crippen LogP contribution < -0.4 is 21.7 Å². The molecule has 0 saturated carbocycles. The number of carbonyl (C=O) groups is 4. The smallest absolute Gasteiger partial charge is 0.326 e. The maximum atomic E-state index is 13.2. The molecule has 0 saturated heterocycles. The zero-order valence-electron chi connectivity index (χ0n) is 21.6. The third kappa shape index (κ3) is 11.0. The summed E-state index contributed by atoms with van der Waals surface area (Å²) >= 11 is 0. The summed E-state index contributed by atoms with van der Waals surface area (Å²) in [6.07, 6.45) is 1.97. The van der Waals surface area contributed by atoms with Crippen LogP contribution in [0.25, 0.3) is 0 Å². The van der Waals surface area contributed by atoms with Crippen molar-refractivity contribution in [2.75, 3.05) is 0 Å². The summed E-state index contributed by atoms with van der Waals surface area (Å²) in [7, 11) is 0. The van der Waals surface area contributed by atoms with Crippen LogP contribution in [0.1, 0.15) is 81.1 Å². The first-order valence-corrected chi connectivity index (χ1v) is 12.1. The van der Waals surface area contributed by atoms with Crippen LogP contribution in [0.2, 0.25) is 0 Å². The van der Waals surface area contributed by atoms with Gasteiger partial charge in [-0.1, -0.05) is 68.2 Å². The fourth-order valence-electron chi connectivity index (χ4n) is 3.39. The van der Waals surface area contributed by atoms with Crippen LogP contribution in [0, 0.1) is 23.7 Å². The molecule has 0 aromatic carbocycles. The molecular weight excluding hydrogens is 424 g/mol. The number of nitrogens with one attached hydrogen (secondary N) is 3. The molecule has 0 aromatic rings. The molecule has 0 rings (SSSR count). The highest BCUT2D eigenvalue weighted by Crippen LogP contribution is 2.13. The summed E-state index contributed by atoms with van der Waals surface area (Å²) in [5.74, 6) is -2.63. The van der Waals surface area contributed by atoms with Crippen molar-refractivity contribution < 1.29 is 24.3 Å². The zero-order chi connectivity index (χ0) is 25.9. The van der Waals surface area contributed by atoms with Crippen molar-refractivity contribution in [3.8, 4) is 0 Å². The van der Waals surface area contributed by atoms with E-state index in [1.54, 1.807) is 0 Å². The van der Waals surface area contributed by atoms with Crippen molar-refractivity contribution in [2.24, 2.45) is 29.4 Å². The molecule has 0 aliphatic rings. The first-order valence-electron chi connectivity index (χ1n) is 12.1. The van der Waals surface area contributed by atoms with Gasteiger partial charge in [0.15, 0.2) is 0 Å². The van der Waals surface area contributed by atoms with E-state index in [-0.39, 0.29) is 30.1 Å². The van der Waals surface area contributed by atoms with E-state index in [0.717, 1.165) is 6.42 Å². The Morgan fingerprint density at radius 1 is 0.697 bits per heavy atom. The second kappa shape index (κ2) is 14.9. The molecule has 6 N–H and O–H groups in total.